The molecule has 0 spiro atoms. The molecule has 3 fully saturated rings. The second-order valence-corrected chi connectivity index (χ2v) is 13.6. The summed E-state index contributed by atoms with van der Waals surface area (Å²) in [5, 5.41) is 0. The van der Waals surface area contributed by atoms with E-state index in [-0.39, 0.29) is 43.1 Å². The number of hydrogen-bond acceptors (Lipinski definition) is 5. The Balaban J connectivity index is 1.13. The third kappa shape index (κ3) is 9.78. The molecule has 292 valence electrons. The molecule has 0 aromatic heterocycles. The van der Waals surface area contributed by atoms with Crippen molar-refractivity contribution in [2.75, 3.05) is 13.2 Å². The first kappa shape index (κ1) is 40.3. The van der Waals surface area contributed by atoms with Gasteiger partial charge >= 0.3 is 24.7 Å². The van der Waals surface area contributed by atoms with Crippen LogP contribution in [0.5, 0.6) is 11.5 Å². The lowest BCUT2D eigenvalue weighted by molar-refractivity contribution is -0.432. The number of benzene rings is 2. The van der Waals surface area contributed by atoms with E-state index in [4.69, 9.17) is 14.2 Å². The van der Waals surface area contributed by atoms with E-state index in [0.29, 0.717) is 56.1 Å². The second-order valence-electron chi connectivity index (χ2n) is 13.6. The van der Waals surface area contributed by atoms with Gasteiger partial charge in [-0.1, -0.05) is 0 Å². The van der Waals surface area contributed by atoms with Gasteiger partial charge < -0.3 is 18.9 Å². The lowest BCUT2D eigenvalue weighted by Gasteiger charge is -2.41. The number of ether oxygens (including phenoxy) is 5. The molecule has 5 rings (SSSR count). The van der Waals surface area contributed by atoms with E-state index in [9.17, 15) is 43.9 Å². The lowest BCUT2D eigenvalue weighted by atomic mass is 9.73. The predicted octanol–water partition coefficient (Wildman–Crippen LogP) is 11.0. The van der Waals surface area contributed by atoms with Crippen LogP contribution in [0.1, 0.15) is 82.3 Å². The quantitative estimate of drug-likeness (QED) is 0.201. The number of alkyl halides is 9. The third-order valence-corrected chi connectivity index (χ3v) is 10.2. The van der Waals surface area contributed by atoms with Crippen molar-refractivity contribution in [3.05, 3.63) is 58.9 Å². The first-order valence-corrected chi connectivity index (χ1v) is 17.1. The summed E-state index contributed by atoms with van der Waals surface area (Å²) < 4.78 is 190. The van der Waals surface area contributed by atoms with Crippen LogP contribution < -0.4 is 9.47 Å². The highest BCUT2D eigenvalue weighted by molar-refractivity contribution is 5.35. The highest BCUT2D eigenvalue weighted by Crippen LogP contribution is 2.46. The van der Waals surface area contributed by atoms with Gasteiger partial charge in [-0.3, -0.25) is 0 Å². The fourth-order valence-electron chi connectivity index (χ4n) is 7.65. The molecular formula is C35H38F12O5. The topological polar surface area (TPSA) is 46.2 Å². The van der Waals surface area contributed by atoms with Gasteiger partial charge in [-0.25, -0.2) is 17.9 Å². The maximum Gasteiger partial charge on any atom is 0.527 e. The van der Waals surface area contributed by atoms with Gasteiger partial charge in [0.1, 0.15) is 40.1 Å². The van der Waals surface area contributed by atoms with Crippen molar-refractivity contribution in [3.63, 3.8) is 0 Å². The van der Waals surface area contributed by atoms with Crippen LogP contribution in [-0.4, -0.2) is 37.9 Å². The van der Waals surface area contributed by atoms with Crippen molar-refractivity contribution < 1.29 is 76.4 Å². The first-order valence-electron chi connectivity index (χ1n) is 17.1. The van der Waals surface area contributed by atoms with Gasteiger partial charge in [0, 0.05) is 24.8 Å². The summed E-state index contributed by atoms with van der Waals surface area (Å²) in [4.78, 5) is 0. The number of hydrogen-bond donors (Lipinski definition) is 0. The highest BCUT2D eigenvalue weighted by Gasteiger charge is 2.50. The fraction of sp³-hybridized carbons (Fsp3) is 0.657. The molecule has 1 aliphatic heterocycles. The van der Waals surface area contributed by atoms with Crippen LogP contribution in [0.15, 0.2) is 30.3 Å². The first-order chi connectivity index (χ1) is 24.3. The zero-order chi connectivity index (χ0) is 38.1. The van der Waals surface area contributed by atoms with Crippen molar-refractivity contribution in [2.45, 2.75) is 108 Å². The van der Waals surface area contributed by atoms with Gasteiger partial charge in [-0.15, -0.1) is 13.2 Å². The van der Waals surface area contributed by atoms with Gasteiger partial charge in [0.15, 0.2) is 0 Å². The van der Waals surface area contributed by atoms with Crippen LogP contribution in [-0.2, 0) is 26.4 Å². The monoisotopic (exact) mass is 766 g/mol. The molecule has 17 heteroatoms. The molecule has 1 saturated heterocycles. The van der Waals surface area contributed by atoms with Crippen LogP contribution in [0, 0.1) is 41.1 Å². The molecule has 1 heterocycles. The average Bonchev–Trinajstić information content (AvgIpc) is 3.03. The van der Waals surface area contributed by atoms with E-state index >= 15 is 8.78 Å². The minimum Gasteiger partial charge on any atom is -0.432 e. The van der Waals surface area contributed by atoms with Crippen LogP contribution in [0.2, 0.25) is 0 Å². The van der Waals surface area contributed by atoms with Crippen LogP contribution in [0.4, 0.5) is 52.7 Å². The maximum atomic E-state index is 15.2. The van der Waals surface area contributed by atoms with E-state index in [1.807, 2.05) is 6.92 Å². The SMILES string of the molecule is CCOC1CCC(C2CCC(C3CCC(C(F)(F)Oc4ccc(C(F)(F)Oc5cc(F)c(C(F)(F)OC(F)(F)F)c(F)c5)c(F)c4)CC3)OC2)CC1. The number of halogens is 12. The normalized spacial score (nSPS) is 26.6. The Morgan fingerprint density at radius 3 is 1.75 bits per heavy atom. The zero-order valence-electron chi connectivity index (χ0n) is 27.9. The molecule has 52 heavy (non-hydrogen) atoms. The molecule has 0 radical (unpaired) electrons. The van der Waals surface area contributed by atoms with Crippen molar-refractivity contribution in [3.8, 4) is 11.5 Å². The molecule has 2 aromatic rings. The summed E-state index contributed by atoms with van der Waals surface area (Å²) >= 11 is 0. The van der Waals surface area contributed by atoms with E-state index in [2.05, 4.69) is 9.47 Å². The molecule has 5 nitrogen and oxygen atoms in total. The van der Waals surface area contributed by atoms with E-state index in [0.717, 1.165) is 38.5 Å². The summed E-state index contributed by atoms with van der Waals surface area (Å²) in [6, 6.07) is 0.530. The molecule has 3 aliphatic rings. The number of rotatable bonds is 12. The van der Waals surface area contributed by atoms with Crippen molar-refractivity contribution in [1.82, 2.24) is 0 Å². The van der Waals surface area contributed by atoms with Gasteiger partial charge in [0.25, 0.3) is 0 Å². The Kier molecular flexibility index (Phi) is 12.2. The summed E-state index contributed by atoms with van der Waals surface area (Å²) in [5.41, 5.74) is -4.17. The Hall–Kier alpha value is -2.92. The molecular weight excluding hydrogens is 728 g/mol. The zero-order valence-corrected chi connectivity index (χ0v) is 27.9. The molecule has 2 saturated carbocycles. The molecule has 2 aliphatic carbocycles. The Morgan fingerprint density at radius 2 is 1.21 bits per heavy atom. The molecule has 0 N–H and O–H groups in total. The van der Waals surface area contributed by atoms with Crippen molar-refractivity contribution >= 4 is 0 Å². The average molecular weight is 767 g/mol. The van der Waals surface area contributed by atoms with Crippen molar-refractivity contribution in [2.24, 2.45) is 23.7 Å². The van der Waals surface area contributed by atoms with Gasteiger partial charge in [-0.2, -0.15) is 26.3 Å². The Labute approximate surface area is 291 Å². The Morgan fingerprint density at radius 1 is 0.635 bits per heavy atom. The standard InChI is InChI=1S/C35H38F12O5/c1-2-48-23-10-5-19(6-11-23)21-7-14-30(49-18-21)20-3-8-22(9-4-20)32(39,40)50-24-12-13-26(27(36)15-24)33(41,42)51-25-16-28(37)31(29(38)17-25)34(43,44)52-35(45,46)47/h12-13,15-17,19-23,30H,2-11,14,18H2,1H3. The van der Waals surface area contributed by atoms with Gasteiger partial charge in [0.05, 0.1) is 24.7 Å². The van der Waals surface area contributed by atoms with Crippen LogP contribution >= 0.6 is 0 Å². The van der Waals surface area contributed by atoms with E-state index in [1.165, 1.54) is 0 Å². The second kappa shape index (κ2) is 15.8. The third-order valence-electron chi connectivity index (χ3n) is 10.2. The summed E-state index contributed by atoms with van der Waals surface area (Å²) in [6.07, 6.45) is -12.7. The van der Waals surface area contributed by atoms with E-state index in [1.54, 1.807) is 0 Å². The maximum absolute atomic E-state index is 15.2. The fourth-order valence-corrected chi connectivity index (χ4v) is 7.65. The van der Waals surface area contributed by atoms with Crippen LogP contribution in [0.3, 0.4) is 0 Å². The summed E-state index contributed by atoms with van der Waals surface area (Å²) in [6.45, 7) is 3.34. The molecule has 0 amide bonds. The molecule has 2 atom stereocenters. The van der Waals surface area contributed by atoms with Gasteiger partial charge in [-0.05, 0) is 101 Å². The van der Waals surface area contributed by atoms with Crippen LogP contribution in [0.25, 0.3) is 0 Å². The van der Waals surface area contributed by atoms with E-state index < -0.39 is 70.7 Å². The lowest BCUT2D eigenvalue weighted by Crippen LogP contribution is -2.41. The highest BCUT2D eigenvalue weighted by atomic mass is 19.4. The molecule has 2 unspecified atom stereocenters. The largest absolute Gasteiger partial charge is 0.527 e. The Bertz CT molecular complexity index is 1470. The van der Waals surface area contributed by atoms with Crippen molar-refractivity contribution in [1.29, 1.82) is 0 Å². The summed E-state index contributed by atoms with van der Waals surface area (Å²) in [7, 11) is 0. The smallest absolute Gasteiger partial charge is 0.432 e. The molecule has 2 aromatic carbocycles. The molecule has 0 bridgehead atoms. The predicted molar refractivity (Wildman–Crippen MR) is 159 cm³/mol. The van der Waals surface area contributed by atoms with Gasteiger partial charge in [0.2, 0.25) is 0 Å². The minimum atomic E-state index is -6.03. The minimum absolute atomic E-state index is 0.0349. The summed E-state index contributed by atoms with van der Waals surface area (Å²) in [5.74, 6) is -9.18.